The molecule has 0 saturated carbocycles. The normalized spacial score (nSPS) is 11.2. The highest BCUT2D eigenvalue weighted by Crippen LogP contribution is 2.20. The maximum Gasteiger partial charge on any atom is 0.292 e. The summed E-state index contributed by atoms with van der Waals surface area (Å²) in [6.45, 7) is 2.74. The third kappa shape index (κ3) is 4.67. The monoisotopic (exact) mass is 477 g/mol. The van der Waals surface area contributed by atoms with E-state index in [0.717, 1.165) is 16.7 Å². The minimum Gasteiger partial charge on any atom is -0.267 e. The topological polar surface area (TPSA) is 107 Å². The molecule has 5 aromatic rings. The van der Waals surface area contributed by atoms with Gasteiger partial charge in [-0.05, 0) is 30.7 Å². The standard InChI is InChI=1S/C27H23N7O2/c1-2-34-27(36)23-13-7-6-12-22(23)25(32-34)26(35)30-29-16-21-18-33(17-19-9-4-3-5-10-19)31-24(21)20-11-8-14-28-15-20/h3-16,18H,2,17H2,1H3,(H,30,35)/b29-16+. The zero-order valence-corrected chi connectivity index (χ0v) is 19.6. The summed E-state index contributed by atoms with van der Waals surface area (Å²) in [5.41, 5.74) is 5.80. The fourth-order valence-electron chi connectivity index (χ4n) is 3.94. The average molecular weight is 478 g/mol. The van der Waals surface area contributed by atoms with Crippen molar-refractivity contribution in [3.8, 4) is 11.3 Å². The van der Waals surface area contributed by atoms with E-state index in [1.165, 1.54) is 4.68 Å². The second-order valence-corrected chi connectivity index (χ2v) is 8.07. The summed E-state index contributed by atoms with van der Waals surface area (Å²) in [7, 11) is 0. The minimum absolute atomic E-state index is 0.136. The lowest BCUT2D eigenvalue weighted by atomic mass is 10.1. The second kappa shape index (κ2) is 10.1. The Bertz CT molecular complexity index is 1610. The average Bonchev–Trinajstić information content (AvgIpc) is 3.32. The van der Waals surface area contributed by atoms with Gasteiger partial charge >= 0.3 is 0 Å². The molecule has 0 aliphatic rings. The Morgan fingerprint density at radius 2 is 1.78 bits per heavy atom. The summed E-state index contributed by atoms with van der Waals surface area (Å²) in [4.78, 5) is 29.8. The largest absolute Gasteiger partial charge is 0.292 e. The van der Waals surface area contributed by atoms with Crippen LogP contribution in [0.2, 0.25) is 0 Å². The molecule has 0 saturated heterocycles. The third-order valence-electron chi connectivity index (χ3n) is 5.66. The highest BCUT2D eigenvalue weighted by atomic mass is 16.2. The molecule has 0 atom stereocenters. The van der Waals surface area contributed by atoms with E-state index in [0.29, 0.717) is 29.6 Å². The molecule has 5 rings (SSSR count). The number of rotatable bonds is 7. The summed E-state index contributed by atoms with van der Waals surface area (Å²) in [5, 5.41) is 14.1. The molecule has 2 aromatic carbocycles. The van der Waals surface area contributed by atoms with Gasteiger partial charge in [-0.3, -0.25) is 19.3 Å². The highest BCUT2D eigenvalue weighted by molar-refractivity contribution is 6.05. The molecule has 36 heavy (non-hydrogen) atoms. The Morgan fingerprint density at radius 3 is 2.53 bits per heavy atom. The molecule has 9 nitrogen and oxygen atoms in total. The van der Waals surface area contributed by atoms with Gasteiger partial charge in [0.2, 0.25) is 0 Å². The first-order chi connectivity index (χ1) is 17.6. The zero-order chi connectivity index (χ0) is 24.9. The van der Waals surface area contributed by atoms with Gasteiger partial charge in [0.05, 0.1) is 18.1 Å². The highest BCUT2D eigenvalue weighted by Gasteiger charge is 2.16. The van der Waals surface area contributed by atoms with Crippen molar-refractivity contribution in [2.45, 2.75) is 20.0 Å². The van der Waals surface area contributed by atoms with Crippen molar-refractivity contribution < 1.29 is 4.79 Å². The van der Waals surface area contributed by atoms with Gasteiger partial charge in [-0.25, -0.2) is 10.1 Å². The summed E-state index contributed by atoms with van der Waals surface area (Å²) in [6, 6.07) is 20.7. The quantitative estimate of drug-likeness (QED) is 0.285. The Labute approximate surface area is 206 Å². The van der Waals surface area contributed by atoms with E-state index in [4.69, 9.17) is 5.10 Å². The number of nitrogens with zero attached hydrogens (tertiary/aromatic N) is 6. The molecule has 0 aliphatic carbocycles. The summed E-state index contributed by atoms with van der Waals surface area (Å²) in [6.07, 6.45) is 6.85. The van der Waals surface area contributed by atoms with E-state index in [1.54, 1.807) is 49.8 Å². The SMILES string of the molecule is CCn1nc(C(=O)N/N=C/c2cn(Cc3ccccc3)nc2-c2cccnc2)c2ccccc2c1=O. The van der Waals surface area contributed by atoms with Gasteiger partial charge in [0.25, 0.3) is 11.5 Å². The smallest absolute Gasteiger partial charge is 0.267 e. The van der Waals surface area contributed by atoms with E-state index in [1.807, 2.05) is 53.3 Å². The van der Waals surface area contributed by atoms with Gasteiger partial charge in [0.1, 0.15) is 5.69 Å². The van der Waals surface area contributed by atoms with E-state index >= 15 is 0 Å². The fourth-order valence-corrected chi connectivity index (χ4v) is 3.94. The first-order valence-electron chi connectivity index (χ1n) is 11.5. The number of fused-ring (bicyclic) bond motifs is 1. The molecule has 1 amide bonds. The molecule has 3 heterocycles. The van der Waals surface area contributed by atoms with Crippen LogP contribution < -0.4 is 11.0 Å². The number of benzene rings is 2. The van der Waals surface area contributed by atoms with E-state index in [9.17, 15) is 9.59 Å². The molecule has 0 unspecified atom stereocenters. The molecule has 0 fully saturated rings. The number of nitrogens with one attached hydrogen (secondary N) is 1. The van der Waals surface area contributed by atoms with Crippen LogP contribution in [-0.2, 0) is 13.1 Å². The molecule has 0 spiro atoms. The number of hydrazone groups is 1. The summed E-state index contributed by atoms with van der Waals surface area (Å²) >= 11 is 0. The number of carbonyl (C=O) groups excluding carboxylic acids is 1. The van der Waals surface area contributed by atoms with Gasteiger partial charge in [-0.1, -0.05) is 48.5 Å². The van der Waals surface area contributed by atoms with Crippen molar-refractivity contribution in [3.05, 3.63) is 112 Å². The summed E-state index contributed by atoms with van der Waals surface area (Å²) in [5.74, 6) is -0.510. The molecule has 0 radical (unpaired) electrons. The minimum atomic E-state index is -0.510. The lowest BCUT2D eigenvalue weighted by Gasteiger charge is -2.08. The number of carbonyl (C=O) groups is 1. The van der Waals surface area contributed by atoms with Gasteiger partial charge in [0, 0.05) is 41.6 Å². The van der Waals surface area contributed by atoms with E-state index in [2.05, 4.69) is 20.6 Å². The first kappa shape index (κ1) is 22.9. The van der Waals surface area contributed by atoms with Crippen LogP contribution in [0.1, 0.15) is 28.5 Å². The van der Waals surface area contributed by atoms with Crippen LogP contribution in [0.4, 0.5) is 0 Å². The number of aryl methyl sites for hydroxylation is 1. The number of hydrogen-bond acceptors (Lipinski definition) is 6. The van der Waals surface area contributed by atoms with Crippen molar-refractivity contribution in [1.29, 1.82) is 0 Å². The molecule has 178 valence electrons. The van der Waals surface area contributed by atoms with Gasteiger partial charge in [-0.2, -0.15) is 15.3 Å². The maximum absolute atomic E-state index is 13.0. The number of aromatic nitrogens is 5. The molecule has 1 N–H and O–H groups in total. The van der Waals surface area contributed by atoms with Crippen molar-refractivity contribution in [1.82, 2.24) is 30.0 Å². The molecular formula is C27H23N7O2. The van der Waals surface area contributed by atoms with E-state index < -0.39 is 5.91 Å². The van der Waals surface area contributed by atoms with Crippen molar-refractivity contribution >= 4 is 22.9 Å². The number of amides is 1. The van der Waals surface area contributed by atoms with Crippen molar-refractivity contribution in [2.75, 3.05) is 0 Å². The Kier molecular flexibility index (Phi) is 6.44. The molecule has 3 aromatic heterocycles. The van der Waals surface area contributed by atoms with Gasteiger partial charge in [0.15, 0.2) is 5.69 Å². The molecule has 0 aliphatic heterocycles. The third-order valence-corrected chi connectivity index (χ3v) is 5.66. The maximum atomic E-state index is 13.0. The zero-order valence-electron chi connectivity index (χ0n) is 19.6. The Hall–Kier alpha value is -4.92. The number of pyridine rings is 1. The first-order valence-corrected chi connectivity index (χ1v) is 11.5. The second-order valence-electron chi connectivity index (χ2n) is 8.07. The van der Waals surface area contributed by atoms with Crippen molar-refractivity contribution in [2.24, 2.45) is 5.10 Å². The molecular weight excluding hydrogens is 454 g/mol. The van der Waals surface area contributed by atoms with Crippen LogP contribution in [0.5, 0.6) is 0 Å². The van der Waals surface area contributed by atoms with Crippen LogP contribution in [-0.4, -0.2) is 36.7 Å². The molecule has 9 heteroatoms. The van der Waals surface area contributed by atoms with Gasteiger partial charge in [-0.15, -0.1) is 0 Å². The van der Waals surface area contributed by atoms with Crippen molar-refractivity contribution in [3.63, 3.8) is 0 Å². The van der Waals surface area contributed by atoms with Crippen LogP contribution in [0.3, 0.4) is 0 Å². The van der Waals surface area contributed by atoms with Gasteiger partial charge < -0.3 is 0 Å². The van der Waals surface area contributed by atoms with Crippen LogP contribution in [0, 0.1) is 0 Å². The Morgan fingerprint density at radius 1 is 1.00 bits per heavy atom. The Balaban J connectivity index is 1.44. The predicted octanol–water partition coefficient (Wildman–Crippen LogP) is 3.49. The van der Waals surface area contributed by atoms with E-state index in [-0.39, 0.29) is 11.3 Å². The van der Waals surface area contributed by atoms with Crippen LogP contribution >= 0.6 is 0 Å². The lowest BCUT2D eigenvalue weighted by Crippen LogP contribution is -2.28. The summed E-state index contributed by atoms with van der Waals surface area (Å²) < 4.78 is 3.10. The van der Waals surface area contributed by atoms with Crippen LogP contribution in [0.15, 0.2) is 95.2 Å². The lowest BCUT2D eigenvalue weighted by molar-refractivity contribution is 0.0949. The van der Waals surface area contributed by atoms with Crippen LogP contribution in [0.25, 0.3) is 22.0 Å². The molecule has 0 bridgehead atoms. The fraction of sp³-hybridized carbons (Fsp3) is 0.111. The number of hydrogen-bond donors (Lipinski definition) is 1. The predicted molar refractivity (Wildman–Crippen MR) is 138 cm³/mol.